The second-order valence-electron chi connectivity index (χ2n) is 15.5. The fourth-order valence-corrected chi connectivity index (χ4v) is 12.1. The minimum Gasteiger partial charge on any atom is -0.463 e. The normalized spacial score (nSPS) is 38.6. The van der Waals surface area contributed by atoms with Crippen LogP contribution in [0.3, 0.4) is 0 Å². The molecule has 6 heteroatoms. The molecule has 0 bridgehead atoms. The third kappa shape index (κ3) is 4.37. The third-order valence-corrected chi connectivity index (χ3v) is 14.0. The van der Waals surface area contributed by atoms with Gasteiger partial charge in [0, 0.05) is 35.1 Å². The van der Waals surface area contributed by atoms with Crippen LogP contribution in [0.25, 0.3) is 0 Å². The Morgan fingerprint density at radius 2 is 1.57 bits per heavy atom. The number of nitrogens with zero attached hydrogens (tertiary/aromatic N) is 2. The number of hydrazone groups is 1. The summed E-state index contributed by atoms with van der Waals surface area (Å²) in [6.45, 7) is 6.49. The predicted octanol–water partition coefficient (Wildman–Crippen LogP) is 9.36. The van der Waals surface area contributed by atoms with Crippen molar-refractivity contribution >= 4 is 35.3 Å². The highest BCUT2D eigenvalue weighted by molar-refractivity contribution is 6.31. The van der Waals surface area contributed by atoms with E-state index in [2.05, 4.69) is 49.3 Å². The van der Waals surface area contributed by atoms with Crippen LogP contribution in [0.4, 0.5) is 5.69 Å². The van der Waals surface area contributed by atoms with Gasteiger partial charge in [0.25, 0.3) is 0 Å². The molecule has 47 heavy (non-hydrogen) atoms. The minimum absolute atomic E-state index is 0.0279. The highest BCUT2D eigenvalue weighted by atomic mass is 35.5. The summed E-state index contributed by atoms with van der Waals surface area (Å²) in [7, 11) is 0. The van der Waals surface area contributed by atoms with E-state index in [-0.39, 0.29) is 46.4 Å². The summed E-state index contributed by atoms with van der Waals surface area (Å²) in [5, 5.41) is 8.07. The SMILES string of the molecule is CC(=O)OC1CCC2(C)C(CCC3C2CCC2(C)C3C(c3ccccc3Cl)C3C=NN(c4ccccc4)C32C(=O)c2ccccc2)C1. The molecule has 4 fully saturated rings. The van der Waals surface area contributed by atoms with Crippen molar-refractivity contribution in [2.45, 2.75) is 83.3 Å². The van der Waals surface area contributed by atoms with E-state index < -0.39 is 5.54 Å². The molecule has 1 aliphatic heterocycles. The number of carbonyl (C=O) groups is 2. The number of anilines is 1. The fraction of sp³-hybridized carbons (Fsp3) is 0.488. The maximum absolute atomic E-state index is 15.5. The van der Waals surface area contributed by atoms with Gasteiger partial charge in [-0.3, -0.25) is 14.6 Å². The number of Topliss-reactive ketones (excluding diaryl/α,β-unsaturated/α-hetero) is 1. The zero-order chi connectivity index (χ0) is 32.6. The van der Waals surface area contributed by atoms with Crippen LogP contribution in [-0.4, -0.2) is 29.6 Å². The van der Waals surface area contributed by atoms with Crippen LogP contribution in [-0.2, 0) is 9.53 Å². The number of rotatable bonds is 5. The molecule has 0 amide bonds. The zero-order valence-corrected chi connectivity index (χ0v) is 28.4. The van der Waals surface area contributed by atoms with Crippen LogP contribution in [0.5, 0.6) is 0 Å². The molecule has 0 N–H and O–H groups in total. The molecular weight excluding hydrogens is 604 g/mol. The van der Waals surface area contributed by atoms with Gasteiger partial charge in [0.2, 0.25) is 0 Å². The summed E-state index contributed by atoms with van der Waals surface area (Å²) in [6, 6.07) is 28.6. The standard InChI is InChI=1S/C41H45ClN2O3/c1-26(45)47-30-20-22-39(2)28(24-30)18-19-31-33(39)21-23-40(3)37(31)36(32-16-10-11-17-35(32)42)34-25-43-44(29-14-8-5-9-15-29)41(34,40)38(46)27-12-6-4-7-13-27/h4-17,25,28,30-31,33-34,36-37H,18-24H2,1-3H3. The maximum atomic E-state index is 15.5. The highest BCUT2D eigenvalue weighted by Gasteiger charge is 2.77. The Morgan fingerprint density at radius 1 is 0.872 bits per heavy atom. The molecule has 1 heterocycles. The fourth-order valence-electron chi connectivity index (χ4n) is 11.9. The number of fused-ring (bicyclic) bond motifs is 7. The van der Waals surface area contributed by atoms with Crippen LogP contribution in [0.2, 0.25) is 5.02 Å². The highest BCUT2D eigenvalue weighted by Crippen LogP contribution is 2.75. The number of ketones is 1. The van der Waals surface area contributed by atoms with Crippen molar-refractivity contribution in [3.63, 3.8) is 0 Å². The van der Waals surface area contributed by atoms with Gasteiger partial charge in [-0.1, -0.05) is 92.2 Å². The number of ether oxygens (including phenoxy) is 1. The van der Waals surface area contributed by atoms with E-state index >= 15 is 4.79 Å². The van der Waals surface area contributed by atoms with E-state index in [1.807, 2.05) is 60.7 Å². The van der Waals surface area contributed by atoms with Crippen molar-refractivity contribution in [1.29, 1.82) is 0 Å². The zero-order valence-electron chi connectivity index (χ0n) is 27.6. The van der Waals surface area contributed by atoms with Crippen LogP contribution in [0.15, 0.2) is 90.0 Å². The summed E-state index contributed by atoms with van der Waals surface area (Å²) in [5.41, 5.74) is 1.74. The van der Waals surface area contributed by atoms with Crippen LogP contribution in [0.1, 0.15) is 87.6 Å². The molecule has 244 valence electrons. The summed E-state index contributed by atoms with van der Waals surface area (Å²) in [4.78, 5) is 27.4. The molecule has 10 atom stereocenters. The molecule has 0 aromatic heterocycles. The van der Waals surface area contributed by atoms with Gasteiger partial charge in [0.15, 0.2) is 5.78 Å². The smallest absolute Gasteiger partial charge is 0.302 e. The second kappa shape index (κ2) is 11.3. The first-order valence-corrected chi connectivity index (χ1v) is 18.0. The average Bonchev–Trinajstić information content (AvgIpc) is 3.58. The van der Waals surface area contributed by atoms with Crippen LogP contribution in [0, 0.1) is 40.4 Å². The summed E-state index contributed by atoms with van der Waals surface area (Å²) in [5.74, 6) is 1.64. The van der Waals surface area contributed by atoms with E-state index in [9.17, 15) is 4.79 Å². The third-order valence-electron chi connectivity index (χ3n) is 13.7. The van der Waals surface area contributed by atoms with Gasteiger partial charge in [-0.2, -0.15) is 5.10 Å². The Labute approximate surface area is 283 Å². The van der Waals surface area contributed by atoms with E-state index in [0.29, 0.717) is 17.8 Å². The first kappa shape index (κ1) is 30.9. The average molecular weight is 649 g/mol. The largest absolute Gasteiger partial charge is 0.463 e. The molecule has 0 spiro atoms. The van der Waals surface area contributed by atoms with Gasteiger partial charge in [-0.25, -0.2) is 0 Å². The van der Waals surface area contributed by atoms with Crippen molar-refractivity contribution in [2.24, 2.45) is 45.5 Å². The summed E-state index contributed by atoms with van der Waals surface area (Å²) >= 11 is 7.15. The van der Waals surface area contributed by atoms with E-state index in [4.69, 9.17) is 21.4 Å². The van der Waals surface area contributed by atoms with Crippen molar-refractivity contribution in [3.8, 4) is 0 Å². The maximum Gasteiger partial charge on any atom is 0.302 e. The molecule has 0 radical (unpaired) electrons. The Hall–Kier alpha value is -3.44. The topological polar surface area (TPSA) is 59.0 Å². The monoisotopic (exact) mass is 648 g/mol. The van der Waals surface area contributed by atoms with Crippen molar-refractivity contribution in [3.05, 3.63) is 101 Å². The Kier molecular flexibility index (Phi) is 7.44. The number of hydrogen-bond acceptors (Lipinski definition) is 5. The molecule has 5 aliphatic rings. The van der Waals surface area contributed by atoms with Crippen molar-refractivity contribution < 1.29 is 14.3 Å². The number of esters is 1. The van der Waals surface area contributed by atoms with Gasteiger partial charge in [0.1, 0.15) is 11.6 Å². The second-order valence-corrected chi connectivity index (χ2v) is 15.9. The molecule has 4 saturated carbocycles. The van der Waals surface area contributed by atoms with E-state index in [1.54, 1.807) is 0 Å². The first-order valence-electron chi connectivity index (χ1n) is 17.6. The van der Waals surface area contributed by atoms with Gasteiger partial charge in [-0.15, -0.1) is 0 Å². The van der Waals surface area contributed by atoms with Crippen LogP contribution >= 0.6 is 11.6 Å². The van der Waals surface area contributed by atoms with Gasteiger partial charge >= 0.3 is 5.97 Å². The lowest BCUT2D eigenvalue weighted by molar-refractivity contribution is -0.160. The van der Waals surface area contributed by atoms with Gasteiger partial charge in [0.05, 0.1) is 5.69 Å². The Morgan fingerprint density at radius 3 is 2.30 bits per heavy atom. The number of para-hydroxylation sites is 1. The molecule has 4 aliphatic carbocycles. The number of benzene rings is 3. The van der Waals surface area contributed by atoms with Crippen molar-refractivity contribution in [1.82, 2.24) is 0 Å². The van der Waals surface area contributed by atoms with Crippen molar-refractivity contribution in [2.75, 3.05) is 5.01 Å². The molecule has 0 saturated heterocycles. The molecule has 5 nitrogen and oxygen atoms in total. The molecule has 3 aromatic rings. The van der Waals surface area contributed by atoms with Gasteiger partial charge in [-0.05, 0) is 104 Å². The Balaban J connectivity index is 1.30. The van der Waals surface area contributed by atoms with E-state index in [0.717, 1.165) is 66.8 Å². The predicted molar refractivity (Wildman–Crippen MR) is 187 cm³/mol. The molecule has 10 unspecified atom stereocenters. The van der Waals surface area contributed by atoms with Gasteiger partial charge < -0.3 is 4.74 Å². The quantitative estimate of drug-likeness (QED) is 0.204. The molecule has 8 rings (SSSR count). The molecule has 3 aromatic carbocycles. The lowest BCUT2D eigenvalue weighted by atomic mass is 9.43. The summed E-state index contributed by atoms with van der Waals surface area (Å²) in [6.07, 6.45) is 9.36. The number of carbonyl (C=O) groups excluding carboxylic acids is 2. The number of hydrogen-bond donors (Lipinski definition) is 0. The minimum atomic E-state index is -0.903. The lowest BCUT2D eigenvalue weighted by Gasteiger charge is -2.62. The molecular formula is C41H45ClN2O3. The lowest BCUT2D eigenvalue weighted by Crippen LogP contribution is -2.65. The first-order chi connectivity index (χ1) is 22.7. The Bertz CT molecular complexity index is 1710. The number of halogens is 1. The van der Waals surface area contributed by atoms with Crippen LogP contribution < -0.4 is 5.01 Å². The van der Waals surface area contributed by atoms with E-state index in [1.165, 1.54) is 6.92 Å². The summed E-state index contributed by atoms with van der Waals surface area (Å²) < 4.78 is 5.77.